The molecule has 0 spiro atoms. The van der Waals surface area contributed by atoms with Gasteiger partial charge in [0.25, 0.3) is 6.71 Å². The standard InChI is InChI=1S/C50H55BN4/c1-47(2,3)33-15-21-37(22-16-33)54-42-25-19-35(49(7,8)9)30-39(42)51-40-31-36(50(10,11)12)20-26-43(40)55(38-23-17-34(18-24-38)48(4,5)6)45-29-32(28-44(54)46(45)51)41-14-13-27-52-53-41/h13-31H,1-12H3. The van der Waals surface area contributed by atoms with Gasteiger partial charge in [-0.05, 0) is 121 Å². The van der Waals surface area contributed by atoms with E-state index >= 15 is 0 Å². The summed E-state index contributed by atoms with van der Waals surface area (Å²) in [6, 6.07) is 41.6. The Kier molecular flexibility index (Phi) is 8.50. The first-order valence-corrected chi connectivity index (χ1v) is 19.9. The van der Waals surface area contributed by atoms with E-state index in [1.165, 1.54) is 61.4 Å². The van der Waals surface area contributed by atoms with Crippen LogP contribution in [0.1, 0.15) is 105 Å². The summed E-state index contributed by atoms with van der Waals surface area (Å²) in [5.74, 6) is 0. The van der Waals surface area contributed by atoms with Gasteiger partial charge >= 0.3 is 0 Å². The van der Waals surface area contributed by atoms with Gasteiger partial charge in [0.1, 0.15) is 0 Å². The fourth-order valence-corrected chi connectivity index (χ4v) is 8.32. The molecule has 0 saturated heterocycles. The van der Waals surface area contributed by atoms with E-state index < -0.39 is 0 Å². The van der Waals surface area contributed by atoms with Crippen LogP contribution in [0.15, 0.2) is 115 Å². The number of aromatic nitrogens is 2. The highest BCUT2D eigenvalue weighted by molar-refractivity contribution is 7.00. The molecule has 4 nitrogen and oxygen atoms in total. The maximum atomic E-state index is 4.66. The molecule has 0 fully saturated rings. The summed E-state index contributed by atoms with van der Waals surface area (Å²) in [4.78, 5) is 5.01. The summed E-state index contributed by atoms with van der Waals surface area (Å²) < 4.78 is 0. The second kappa shape index (κ2) is 12.7. The summed E-state index contributed by atoms with van der Waals surface area (Å²) in [6.07, 6.45) is 1.75. The van der Waals surface area contributed by atoms with Gasteiger partial charge in [0.05, 0.1) is 5.69 Å². The zero-order chi connectivity index (χ0) is 39.2. The predicted octanol–water partition coefficient (Wildman–Crippen LogP) is 11.4. The highest BCUT2D eigenvalue weighted by Crippen LogP contribution is 2.47. The number of hydrogen-bond donors (Lipinski definition) is 0. The van der Waals surface area contributed by atoms with Crippen molar-refractivity contribution < 1.29 is 0 Å². The zero-order valence-electron chi connectivity index (χ0n) is 34.8. The SMILES string of the molecule is CC(C)(C)c1ccc(N2c3ccc(C(C)(C)C)cc3B3c4cc(C(C)(C)C)ccc4N(c4ccc(C(C)(C)C)cc4)c4cc(-c5cccnn5)cc2c43)cc1. The summed E-state index contributed by atoms with van der Waals surface area (Å²) in [6.45, 7) is 27.6. The zero-order valence-corrected chi connectivity index (χ0v) is 34.8. The van der Waals surface area contributed by atoms with Crippen molar-refractivity contribution >= 4 is 57.2 Å². The molecule has 5 aromatic carbocycles. The summed E-state index contributed by atoms with van der Waals surface area (Å²) >= 11 is 0. The molecule has 0 aliphatic carbocycles. The molecular weight excluding hydrogens is 667 g/mol. The normalized spacial score (nSPS) is 14.1. The second-order valence-electron chi connectivity index (χ2n) is 19.8. The van der Waals surface area contributed by atoms with E-state index in [9.17, 15) is 0 Å². The number of fused-ring (bicyclic) bond motifs is 4. The van der Waals surface area contributed by atoms with Gasteiger partial charge in [-0.15, -0.1) is 0 Å². The Morgan fingerprint density at radius 3 is 1.20 bits per heavy atom. The number of nitrogens with zero attached hydrogens (tertiary/aromatic N) is 4. The van der Waals surface area contributed by atoms with Crippen molar-refractivity contribution in [3.63, 3.8) is 0 Å². The maximum absolute atomic E-state index is 4.66. The lowest BCUT2D eigenvalue weighted by molar-refractivity contribution is 0.590. The van der Waals surface area contributed by atoms with Gasteiger partial charge in [0.15, 0.2) is 0 Å². The van der Waals surface area contributed by atoms with Crippen molar-refractivity contribution in [3.05, 3.63) is 138 Å². The molecule has 0 radical (unpaired) electrons. The first-order chi connectivity index (χ1) is 25.8. The molecule has 0 bridgehead atoms. The maximum Gasteiger partial charge on any atom is 0.252 e. The van der Waals surface area contributed by atoms with Crippen LogP contribution in [0.5, 0.6) is 0 Å². The van der Waals surface area contributed by atoms with E-state index in [0.717, 1.165) is 22.6 Å². The van der Waals surface area contributed by atoms with Crippen molar-refractivity contribution in [1.29, 1.82) is 0 Å². The minimum Gasteiger partial charge on any atom is -0.311 e. The van der Waals surface area contributed by atoms with Crippen LogP contribution in [0.4, 0.5) is 34.1 Å². The van der Waals surface area contributed by atoms with Crippen molar-refractivity contribution in [2.75, 3.05) is 9.80 Å². The van der Waals surface area contributed by atoms with Gasteiger partial charge in [-0.2, -0.15) is 10.2 Å². The molecule has 0 unspecified atom stereocenters. The lowest BCUT2D eigenvalue weighted by Gasteiger charge is -2.45. The van der Waals surface area contributed by atoms with Crippen molar-refractivity contribution in [2.24, 2.45) is 0 Å². The van der Waals surface area contributed by atoms with E-state index in [-0.39, 0.29) is 28.4 Å². The number of rotatable bonds is 3. The summed E-state index contributed by atoms with van der Waals surface area (Å²) in [7, 11) is 0. The first-order valence-electron chi connectivity index (χ1n) is 19.9. The lowest BCUT2D eigenvalue weighted by Crippen LogP contribution is -2.61. The topological polar surface area (TPSA) is 32.3 Å². The largest absolute Gasteiger partial charge is 0.311 e. The molecule has 0 N–H and O–H groups in total. The van der Waals surface area contributed by atoms with E-state index in [2.05, 4.69) is 206 Å². The van der Waals surface area contributed by atoms with Crippen LogP contribution < -0.4 is 26.2 Å². The third kappa shape index (κ3) is 6.46. The number of hydrogen-bond acceptors (Lipinski definition) is 4. The van der Waals surface area contributed by atoms with Crippen molar-refractivity contribution in [3.8, 4) is 11.3 Å². The van der Waals surface area contributed by atoms with Gasteiger partial charge < -0.3 is 9.80 Å². The van der Waals surface area contributed by atoms with Crippen LogP contribution in [0, 0.1) is 0 Å². The third-order valence-corrected chi connectivity index (χ3v) is 11.6. The first kappa shape index (κ1) is 36.8. The Bertz CT molecular complexity index is 2250. The molecule has 0 atom stereocenters. The Labute approximate surface area is 329 Å². The van der Waals surface area contributed by atoms with Crippen LogP contribution in [0.3, 0.4) is 0 Å². The number of anilines is 6. The average Bonchev–Trinajstić information content (AvgIpc) is 3.13. The van der Waals surface area contributed by atoms with Crippen molar-refractivity contribution in [2.45, 2.75) is 105 Å². The van der Waals surface area contributed by atoms with Gasteiger partial charge in [-0.1, -0.05) is 132 Å². The molecule has 8 rings (SSSR count). The second-order valence-corrected chi connectivity index (χ2v) is 19.8. The lowest BCUT2D eigenvalue weighted by atomic mass is 9.33. The molecule has 1 aromatic heterocycles. The molecular formula is C50H55BN4. The average molecular weight is 723 g/mol. The van der Waals surface area contributed by atoms with E-state index in [1.54, 1.807) is 6.20 Å². The molecule has 0 saturated carbocycles. The monoisotopic (exact) mass is 722 g/mol. The molecule has 2 aliphatic rings. The van der Waals surface area contributed by atoms with Crippen LogP contribution >= 0.6 is 0 Å². The fourth-order valence-electron chi connectivity index (χ4n) is 8.32. The van der Waals surface area contributed by atoms with Crippen LogP contribution in [-0.2, 0) is 21.7 Å². The van der Waals surface area contributed by atoms with Gasteiger partial charge in [-0.3, -0.25) is 0 Å². The molecule has 3 heterocycles. The van der Waals surface area contributed by atoms with Gasteiger partial charge in [-0.25, -0.2) is 0 Å². The summed E-state index contributed by atoms with van der Waals surface area (Å²) in [5.41, 5.74) is 18.3. The van der Waals surface area contributed by atoms with Crippen LogP contribution in [-0.4, -0.2) is 16.9 Å². The minimum absolute atomic E-state index is 0.0151. The van der Waals surface area contributed by atoms with Gasteiger partial charge in [0.2, 0.25) is 0 Å². The molecule has 2 aliphatic heterocycles. The molecule has 0 amide bonds. The number of benzene rings is 5. The molecule has 6 aromatic rings. The highest BCUT2D eigenvalue weighted by Gasteiger charge is 2.44. The fraction of sp³-hybridized carbons (Fsp3) is 0.320. The molecule has 55 heavy (non-hydrogen) atoms. The Hall–Kier alpha value is -5.16. The van der Waals surface area contributed by atoms with E-state index in [0.29, 0.717) is 0 Å². The van der Waals surface area contributed by atoms with Crippen molar-refractivity contribution in [1.82, 2.24) is 10.2 Å². The molecule has 278 valence electrons. The Morgan fingerprint density at radius 1 is 0.436 bits per heavy atom. The quantitative estimate of drug-likeness (QED) is 0.170. The molecule has 5 heteroatoms. The summed E-state index contributed by atoms with van der Waals surface area (Å²) in [5, 5.41) is 9.00. The predicted molar refractivity (Wildman–Crippen MR) is 236 cm³/mol. The highest BCUT2D eigenvalue weighted by atomic mass is 15.2. The third-order valence-electron chi connectivity index (χ3n) is 11.6. The van der Waals surface area contributed by atoms with Crippen LogP contribution in [0.25, 0.3) is 11.3 Å². The Morgan fingerprint density at radius 2 is 0.836 bits per heavy atom. The smallest absolute Gasteiger partial charge is 0.252 e. The van der Waals surface area contributed by atoms with E-state index in [4.69, 9.17) is 0 Å². The van der Waals surface area contributed by atoms with E-state index in [1.807, 2.05) is 6.07 Å². The van der Waals surface area contributed by atoms with Crippen LogP contribution in [0.2, 0.25) is 0 Å². The van der Waals surface area contributed by atoms with Gasteiger partial charge in [0, 0.05) is 45.9 Å². The Balaban J connectivity index is 1.50. The minimum atomic E-state index is -0.0151.